The van der Waals surface area contributed by atoms with Crippen LogP contribution in [0.2, 0.25) is 0 Å². The van der Waals surface area contributed by atoms with Gasteiger partial charge in [-0.15, -0.1) is 5.10 Å². The number of nitrogens with one attached hydrogen (secondary N) is 1. The highest BCUT2D eigenvalue weighted by Crippen LogP contribution is 2.17. The molecule has 1 amide bonds. The summed E-state index contributed by atoms with van der Waals surface area (Å²) >= 11 is 0. The van der Waals surface area contributed by atoms with E-state index in [0.717, 1.165) is 13.0 Å². The summed E-state index contributed by atoms with van der Waals surface area (Å²) in [5, 5.41) is 10.6. The zero-order chi connectivity index (χ0) is 14.5. The third-order valence-corrected chi connectivity index (χ3v) is 2.92. The Morgan fingerprint density at radius 2 is 2.15 bits per heavy atom. The Hall–Kier alpha value is -2.37. The molecule has 3 N–H and O–H groups in total. The molecule has 1 aromatic carbocycles. The number of benzene rings is 1. The van der Waals surface area contributed by atoms with Crippen molar-refractivity contribution in [2.45, 2.75) is 26.8 Å². The molecule has 106 valence electrons. The lowest BCUT2D eigenvalue weighted by Gasteiger charge is -2.05. The van der Waals surface area contributed by atoms with Gasteiger partial charge in [0.15, 0.2) is 5.69 Å². The van der Waals surface area contributed by atoms with Crippen molar-refractivity contribution in [1.29, 1.82) is 0 Å². The average Bonchev–Trinajstić information content (AvgIpc) is 2.88. The zero-order valence-electron chi connectivity index (χ0n) is 11.7. The molecule has 6 nitrogen and oxygen atoms in total. The first kappa shape index (κ1) is 14.0. The number of hydrogen-bond donors (Lipinski definition) is 2. The van der Waals surface area contributed by atoms with E-state index in [2.05, 4.69) is 29.5 Å². The molecule has 0 atom stereocenters. The molecule has 0 saturated carbocycles. The van der Waals surface area contributed by atoms with Crippen LogP contribution < -0.4 is 11.1 Å². The molecule has 0 unspecified atom stereocenters. The number of rotatable bonds is 5. The molecular weight excluding hydrogens is 254 g/mol. The number of carbonyl (C=O) groups excluding carboxylic acids is 1. The van der Waals surface area contributed by atoms with E-state index in [1.54, 1.807) is 23.0 Å². The molecule has 1 heterocycles. The molecular formula is C14H19N5O. The number of amides is 1. The molecule has 0 saturated heterocycles. The topological polar surface area (TPSA) is 85.8 Å². The predicted molar refractivity (Wildman–Crippen MR) is 78.3 cm³/mol. The molecule has 6 heteroatoms. The number of anilines is 2. The number of nitrogens with zero attached hydrogens (tertiary/aromatic N) is 3. The van der Waals surface area contributed by atoms with Gasteiger partial charge in [0.2, 0.25) is 0 Å². The van der Waals surface area contributed by atoms with Crippen LogP contribution in [0.25, 0.3) is 0 Å². The average molecular weight is 273 g/mol. The van der Waals surface area contributed by atoms with E-state index >= 15 is 0 Å². The molecule has 0 spiro atoms. The van der Waals surface area contributed by atoms with E-state index < -0.39 is 0 Å². The minimum Gasteiger partial charge on any atom is -0.397 e. The lowest BCUT2D eigenvalue weighted by atomic mass is 10.1. The number of nitrogens with two attached hydrogens (primary N) is 1. The van der Waals surface area contributed by atoms with Crippen molar-refractivity contribution in [3.05, 3.63) is 36.2 Å². The summed E-state index contributed by atoms with van der Waals surface area (Å²) in [4.78, 5) is 12.0. The highest BCUT2D eigenvalue weighted by molar-refractivity contribution is 6.04. The smallest absolute Gasteiger partial charge is 0.277 e. The Morgan fingerprint density at radius 3 is 2.85 bits per heavy atom. The number of hydrogen-bond acceptors (Lipinski definition) is 4. The van der Waals surface area contributed by atoms with Gasteiger partial charge in [-0.25, -0.2) is 0 Å². The molecule has 0 radical (unpaired) electrons. The van der Waals surface area contributed by atoms with Gasteiger partial charge in [-0.05, 0) is 24.5 Å². The van der Waals surface area contributed by atoms with E-state index in [4.69, 9.17) is 5.73 Å². The Morgan fingerprint density at radius 1 is 1.40 bits per heavy atom. The van der Waals surface area contributed by atoms with Crippen molar-refractivity contribution in [3.63, 3.8) is 0 Å². The Kier molecular flexibility index (Phi) is 4.34. The zero-order valence-corrected chi connectivity index (χ0v) is 11.7. The molecule has 0 bridgehead atoms. The summed E-state index contributed by atoms with van der Waals surface area (Å²) in [6, 6.07) is 7.10. The predicted octanol–water partition coefficient (Wildman–Crippen LogP) is 2.16. The highest BCUT2D eigenvalue weighted by atomic mass is 16.2. The maximum atomic E-state index is 12.0. The van der Waals surface area contributed by atoms with Crippen LogP contribution in [0.4, 0.5) is 11.4 Å². The van der Waals surface area contributed by atoms with Crippen LogP contribution in [0, 0.1) is 5.92 Å². The van der Waals surface area contributed by atoms with Crippen LogP contribution in [0.1, 0.15) is 30.8 Å². The number of aromatic nitrogens is 3. The van der Waals surface area contributed by atoms with Crippen LogP contribution in [0.5, 0.6) is 0 Å². The maximum absolute atomic E-state index is 12.0. The summed E-state index contributed by atoms with van der Waals surface area (Å²) in [5.41, 5.74) is 7.17. The molecule has 0 fully saturated rings. The minimum absolute atomic E-state index is 0.289. The van der Waals surface area contributed by atoms with Gasteiger partial charge >= 0.3 is 0 Å². The van der Waals surface area contributed by atoms with E-state index in [1.165, 1.54) is 0 Å². The van der Waals surface area contributed by atoms with Gasteiger partial charge in [0.1, 0.15) is 0 Å². The molecule has 2 rings (SSSR count). The fourth-order valence-electron chi connectivity index (χ4n) is 1.70. The fraction of sp³-hybridized carbons (Fsp3) is 0.357. The van der Waals surface area contributed by atoms with Crippen molar-refractivity contribution in [3.8, 4) is 0 Å². The van der Waals surface area contributed by atoms with E-state index in [0.29, 0.717) is 17.3 Å². The van der Waals surface area contributed by atoms with E-state index in [9.17, 15) is 4.79 Å². The maximum Gasteiger partial charge on any atom is 0.277 e. The van der Waals surface area contributed by atoms with Crippen LogP contribution in [-0.2, 0) is 6.54 Å². The van der Waals surface area contributed by atoms with Gasteiger partial charge in [0, 0.05) is 6.54 Å². The second-order valence-corrected chi connectivity index (χ2v) is 5.09. The van der Waals surface area contributed by atoms with Crippen molar-refractivity contribution in [2.24, 2.45) is 5.92 Å². The molecule has 2 aromatic rings. The van der Waals surface area contributed by atoms with Crippen molar-refractivity contribution in [2.75, 3.05) is 11.1 Å². The molecule has 20 heavy (non-hydrogen) atoms. The van der Waals surface area contributed by atoms with Gasteiger partial charge < -0.3 is 11.1 Å². The van der Waals surface area contributed by atoms with Gasteiger partial charge in [0.05, 0.1) is 17.6 Å². The number of aryl methyl sites for hydroxylation is 1. The molecule has 1 aromatic heterocycles. The summed E-state index contributed by atoms with van der Waals surface area (Å²) in [6.07, 6.45) is 2.65. The summed E-state index contributed by atoms with van der Waals surface area (Å²) in [7, 11) is 0. The monoisotopic (exact) mass is 273 g/mol. The van der Waals surface area contributed by atoms with E-state index in [-0.39, 0.29) is 11.6 Å². The quantitative estimate of drug-likeness (QED) is 0.817. The van der Waals surface area contributed by atoms with Crippen molar-refractivity contribution < 1.29 is 4.79 Å². The Labute approximate surface area is 118 Å². The Bertz CT molecular complexity index is 591. The van der Waals surface area contributed by atoms with Crippen molar-refractivity contribution >= 4 is 17.3 Å². The van der Waals surface area contributed by atoms with Crippen LogP contribution in [0.3, 0.4) is 0 Å². The third kappa shape index (κ3) is 3.57. The standard InChI is InChI=1S/C14H19N5O/c1-10(2)7-8-19-9-13(17-18-19)14(20)16-12-6-4-3-5-11(12)15/h3-6,9-10H,7-8,15H2,1-2H3,(H,16,20). The first-order valence-electron chi connectivity index (χ1n) is 6.62. The first-order valence-corrected chi connectivity index (χ1v) is 6.62. The van der Waals surface area contributed by atoms with Gasteiger partial charge in [-0.1, -0.05) is 31.2 Å². The summed E-state index contributed by atoms with van der Waals surface area (Å²) in [6.45, 7) is 5.04. The normalized spacial score (nSPS) is 10.8. The molecule has 0 aliphatic heterocycles. The largest absolute Gasteiger partial charge is 0.397 e. The second kappa shape index (κ2) is 6.18. The van der Waals surface area contributed by atoms with Gasteiger partial charge in [-0.2, -0.15) is 0 Å². The number of carbonyl (C=O) groups is 1. The van der Waals surface area contributed by atoms with Crippen LogP contribution in [-0.4, -0.2) is 20.9 Å². The third-order valence-electron chi connectivity index (χ3n) is 2.92. The highest BCUT2D eigenvalue weighted by Gasteiger charge is 2.12. The minimum atomic E-state index is -0.307. The lowest BCUT2D eigenvalue weighted by molar-refractivity contribution is 0.102. The van der Waals surface area contributed by atoms with Crippen molar-refractivity contribution in [1.82, 2.24) is 15.0 Å². The number of nitrogen functional groups attached to an aromatic ring is 1. The van der Waals surface area contributed by atoms with Crippen LogP contribution >= 0.6 is 0 Å². The molecule has 0 aliphatic carbocycles. The fourth-order valence-corrected chi connectivity index (χ4v) is 1.70. The van der Waals surface area contributed by atoms with E-state index in [1.807, 2.05) is 12.1 Å². The van der Waals surface area contributed by atoms with Crippen LogP contribution in [0.15, 0.2) is 30.5 Å². The first-order chi connectivity index (χ1) is 9.56. The SMILES string of the molecule is CC(C)CCn1cc(C(=O)Nc2ccccc2N)nn1. The Balaban J connectivity index is 2.01. The second-order valence-electron chi connectivity index (χ2n) is 5.09. The van der Waals surface area contributed by atoms with Gasteiger partial charge in [-0.3, -0.25) is 9.48 Å². The lowest BCUT2D eigenvalue weighted by Crippen LogP contribution is -2.13. The summed E-state index contributed by atoms with van der Waals surface area (Å²) in [5.74, 6) is 0.277. The van der Waals surface area contributed by atoms with Gasteiger partial charge in [0.25, 0.3) is 5.91 Å². The summed E-state index contributed by atoms with van der Waals surface area (Å²) < 4.78 is 1.68. The number of para-hydroxylation sites is 2. The molecule has 0 aliphatic rings.